The first-order valence-electron chi connectivity index (χ1n) is 8.06. The number of aryl methyl sites for hydroxylation is 1. The van der Waals surface area contributed by atoms with E-state index in [0.29, 0.717) is 40.2 Å². The third kappa shape index (κ3) is 2.83. The highest BCUT2D eigenvalue weighted by Crippen LogP contribution is 2.27. The zero-order valence-electron chi connectivity index (χ0n) is 13.6. The number of fused-ring (bicyclic) bond motifs is 1. The highest BCUT2D eigenvalue weighted by atomic mass is 16.5. The zero-order valence-corrected chi connectivity index (χ0v) is 13.6. The molecule has 1 aliphatic carbocycles. The van der Waals surface area contributed by atoms with E-state index in [1.165, 1.54) is 0 Å². The van der Waals surface area contributed by atoms with E-state index < -0.39 is 0 Å². The van der Waals surface area contributed by atoms with Crippen molar-refractivity contribution in [1.82, 2.24) is 15.5 Å². The number of aromatic nitrogens is 2. The number of carbonyl (C=O) groups excluding carboxylic acids is 1. The molecule has 128 valence electrons. The van der Waals surface area contributed by atoms with Crippen molar-refractivity contribution in [1.29, 1.82) is 0 Å². The number of pyridine rings is 1. The van der Waals surface area contributed by atoms with Gasteiger partial charge in [-0.05, 0) is 31.5 Å². The van der Waals surface area contributed by atoms with Crippen LogP contribution in [0.4, 0.5) is 0 Å². The standard InChI is InChI=1S/C18H17N3O4/c1-10-16-13(17(23)19-12-5-4-11(7-12)9-22)8-14(15-3-2-6-24-15)20-18(16)25-21-10/h2-6,8,11-12,22H,7,9H2,1H3,(H,19,23)/t11-,12+/m0/s1. The summed E-state index contributed by atoms with van der Waals surface area (Å²) >= 11 is 0. The highest BCUT2D eigenvalue weighted by Gasteiger charge is 2.24. The number of aliphatic hydroxyl groups excluding tert-OH is 1. The number of aliphatic hydroxyl groups is 1. The fourth-order valence-electron chi connectivity index (χ4n) is 3.09. The number of carbonyl (C=O) groups is 1. The molecule has 1 amide bonds. The van der Waals surface area contributed by atoms with Crippen molar-refractivity contribution in [3.8, 4) is 11.5 Å². The topological polar surface area (TPSA) is 101 Å². The summed E-state index contributed by atoms with van der Waals surface area (Å²) in [6.07, 6.45) is 6.06. The lowest BCUT2D eigenvalue weighted by atomic mass is 10.1. The van der Waals surface area contributed by atoms with Gasteiger partial charge in [-0.1, -0.05) is 17.3 Å². The molecule has 3 aromatic heterocycles. The van der Waals surface area contributed by atoms with Gasteiger partial charge in [-0.25, -0.2) is 4.98 Å². The lowest BCUT2D eigenvalue weighted by Gasteiger charge is -2.13. The average molecular weight is 339 g/mol. The van der Waals surface area contributed by atoms with Crippen LogP contribution in [0.1, 0.15) is 22.5 Å². The Morgan fingerprint density at radius 3 is 3.04 bits per heavy atom. The van der Waals surface area contributed by atoms with Crippen LogP contribution >= 0.6 is 0 Å². The maximum atomic E-state index is 12.8. The van der Waals surface area contributed by atoms with Crippen LogP contribution < -0.4 is 5.32 Å². The van der Waals surface area contributed by atoms with Crippen LogP contribution in [-0.2, 0) is 0 Å². The van der Waals surface area contributed by atoms with Crippen LogP contribution in [0.25, 0.3) is 22.6 Å². The zero-order chi connectivity index (χ0) is 17.4. The molecule has 0 saturated heterocycles. The third-order valence-electron chi connectivity index (χ3n) is 4.36. The lowest BCUT2D eigenvalue weighted by Crippen LogP contribution is -2.33. The number of furan rings is 1. The molecule has 0 aliphatic heterocycles. The van der Waals surface area contributed by atoms with Crippen LogP contribution in [0.3, 0.4) is 0 Å². The lowest BCUT2D eigenvalue weighted by molar-refractivity contribution is 0.0942. The molecule has 0 unspecified atom stereocenters. The summed E-state index contributed by atoms with van der Waals surface area (Å²) < 4.78 is 10.6. The first kappa shape index (κ1) is 15.6. The average Bonchev–Trinajstić information content (AvgIpc) is 3.35. The van der Waals surface area contributed by atoms with Gasteiger partial charge in [0.05, 0.1) is 22.9 Å². The molecule has 1 aliphatic rings. The fourth-order valence-corrected chi connectivity index (χ4v) is 3.09. The molecule has 0 saturated carbocycles. The highest BCUT2D eigenvalue weighted by molar-refractivity contribution is 6.07. The van der Waals surface area contributed by atoms with E-state index in [4.69, 9.17) is 8.94 Å². The fraction of sp³-hybridized carbons (Fsp3) is 0.278. The Morgan fingerprint density at radius 2 is 2.32 bits per heavy atom. The Balaban J connectivity index is 1.71. The minimum atomic E-state index is -0.236. The van der Waals surface area contributed by atoms with Crippen LogP contribution in [0.15, 0.2) is 45.6 Å². The van der Waals surface area contributed by atoms with Crippen molar-refractivity contribution < 1.29 is 18.8 Å². The van der Waals surface area contributed by atoms with Crippen molar-refractivity contribution in [2.24, 2.45) is 5.92 Å². The summed E-state index contributed by atoms with van der Waals surface area (Å²) in [5.74, 6) is 0.393. The quantitative estimate of drug-likeness (QED) is 0.708. The Labute approximate surface area is 143 Å². The first-order chi connectivity index (χ1) is 12.2. The third-order valence-corrected chi connectivity index (χ3v) is 4.36. The number of nitrogens with one attached hydrogen (secondary N) is 1. The number of nitrogens with zero attached hydrogens (tertiary/aromatic N) is 2. The van der Waals surface area contributed by atoms with Crippen molar-refractivity contribution in [3.63, 3.8) is 0 Å². The summed E-state index contributed by atoms with van der Waals surface area (Å²) in [4.78, 5) is 17.2. The summed E-state index contributed by atoms with van der Waals surface area (Å²) in [5.41, 5.74) is 1.85. The van der Waals surface area contributed by atoms with E-state index in [9.17, 15) is 9.90 Å². The Kier molecular flexibility index (Phi) is 3.85. The Morgan fingerprint density at radius 1 is 1.44 bits per heavy atom. The van der Waals surface area contributed by atoms with Crippen molar-refractivity contribution in [3.05, 3.63) is 47.9 Å². The van der Waals surface area contributed by atoms with E-state index in [1.54, 1.807) is 31.4 Å². The van der Waals surface area contributed by atoms with Crippen molar-refractivity contribution in [2.75, 3.05) is 6.61 Å². The molecule has 3 heterocycles. The van der Waals surface area contributed by atoms with Crippen LogP contribution in [0, 0.1) is 12.8 Å². The molecule has 0 fully saturated rings. The molecule has 2 atom stereocenters. The SMILES string of the molecule is Cc1noc2nc(-c3ccco3)cc(C(=O)N[C@@H]3C=C[C@H](CO)C3)c12. The van der Waals surface area contributed by atoms with Crippen molar-refractivity contribution in [2.45, 2.75) is 19.4 Å². The van der Waals surface area contributed by atoms with E-state index in [0.717, 1.165) is 0 Å². The first-order valence-corrected chi connectivity index (χ1v) is 8.06. The second kappa shape index (κ2) is 6.18. The van der Waals surface area contributed by atoms with Gasteiger partial charge in [0.15, 0.2) is 5.76 Å². The van der Waals surface area contributed by atoms with Gasteiger partial charge >= 0.3 is 0 Å². The molecule has 0 radical (unpaired) electrons. The second-order valence-electron chi connectivity index (χ2n) is 6.12. The number of hydrogen-bond donors (Lipinski definition) is 2. The van der Waals surface area contributed by atoms with Crippen LogP contribution in [-0.4, -0.2) is 33.8 Å². The summed E-state index contributed by atoms with van der Waals surface area (Å²) in [6, 6.07) is 5.10. The minimum absolute atomic E-state index is 0.0791. The van der Waals surface area contributed by atoms with Gasteiger partial charge < -0.3 is 19.4 Å². The van der Waals surface area contributed by atoms with Gasteiger partial charge in [-0.15, -0.1) is 0 Å². The molecule has 0 spiro atoms. The summed E-state index contributed by atoms with van der Waals surface area (Å²) in [6.45, 7) is 1.85. The maximum Gasteiger partial charge on any atom is 0.259 e. The summed E-state index contributed by atoms with van der Waals surface area (Å²) in [7, 11) is 0. The summed E-state index contributed by atoms with van der Waals surface area (Å²) in [5, 5.41) is 16.7. The molecule has 7 heteroatoms. The van der Waals surface area contributed by atoms with Crippen LogP contribution in [0.5, 0.6) is 0 Å². The van der Waals surface area contributed by atoms with E-state index in [2.05, 4.69) is 15.5 Å². The Hall–Kier alpha value is -2.93. The molecule has 4 rings (SSSR count). The molecule has 0 bridgehead atoms. The van der Waals surface area contributed by atoms with Gasteiger partial charge in [0.25, 0.3) is 11.6 Å². The smallest absolute Gasteiger partial charge is 0.259 e. The van der Waals surface area contributed by atoms with Crippen LogP contribution in [0.2, 0.25) is 0 Å². The molecule has 0 aromatic carbocycles. The minimum Gasteiger partial charge on any atom is -0.463 e. The number of amides is 1. The maximum absolute atomic E-state index is 12.8. The molecular formula is C18H17N3O4. The largest absolute Gasteiger partial charge is 0.463 e. The normalized spacial score (nSPS) is 19.6. The second-order valence-corrected chi connectivity index (χ2v) is 6.12. The van der Waals surface area contributed by atoms with Gasteiger partial charge in [-0.3, -0.25) is 4.79 Å². The van der Waals surface area contributed by atoms with E-state index in [1.807, 2.05) is 12.2 Å². The number of rotatable bonds is 4. The van der Waals surface area contributed by atoms with Gasteiger partial charge in [-0.2, -0.15) is 0 Å². The van der Waals surface area contributed by atoms with Gasteiger partial charge in [0.1, 0.15) is 5.69 Å². The molecule has 25 heavy (non-hydrogen) atoms. The molecule has 2 N–H and O–H groups in total. The Bertz CT molecular complexity index is 943. The van der Waals surface area contributed by atoms with Crippen molar-refractivity contribution >= 4 is 17.0 Å². The molecule has 7 nitrogen and oxygen atoms in total. The van der Waals surface area contributed by atoms with E-state index in [-0.39, 0.29) is 24.5 Å². The van der Waals surface area contributed by atoms with E-state index >= 15 is 0 Å². The predicted molar refractivity (Wildman–Crippen MR) is 89.8 cm³/mol. The molecular weight excluding hydrogens is 322 g/mol. The predicted octanol–water partition coefficient (Wildman–Crippen LogP) is 2.46. The molecule has 3 aromatic rings. The monoisotopic (exact) mass is 339 g/mol. The number of hydrogen-bond acceptors (Lipinski definition) is 6. The van der Waals surface area contributed by atoms with Gasteiger partial charge in [0, 0.05) is 18.6 Å². The van der Waals surface area contributed by atoms with Gasteiger partial charge in [0.2, 0.25) is 0 Å².